The molecule has 3 heterocycles. The Bertz CT molecular complexity index is 682. The molecule has 0 aromatic carbocycles. The Labute approximate surface area is 165 Å². The molecule has 0 aliphatic carbocycles. The van der Waals surface area contributed by atoms with Gasteiger partial charge in [0.05, 0.1) is 18.7 Å². The molecule has 3 rings (SSSR count). The molecule has 8 nitrogen and oxygen atoms in total. The van der Waals surface area contributed by atoms with Crippen LogP contribution in [0.1, 0.15) is 32.1 Å². The molecular weight excluding hydrogens is 360 g/mol. The second-order valence-electron chi connectivity index (χ2n) is 7.24. The lowest BCUT2D eigenvalue weighted by atomic mass is 9.96. The minimum atomic E-state index is -0.190. The molecule has 3 amide bonds. The van der Waals surface area contributed by atoms with E-state index in [2.05, 4.69) is 10.3 Å². The van der Waals surface area contributed by atoms with Crippen molar-refractivity contribution in [1.82, 2.24) is 20.1 Å². The predicted octanol–water partition coefficient (Wildman–Crippen LogP) is 0.828. The van der Waals surface area contributed by atoms with Gasteiger partial charge in [0.1, 0.15) is 12.4 Å². The van der Waals surface area contributed by atoms with Crippen LogP contribution in [0.4, 0.5) is 0 Å². The molecule has 1 N–H and O–H groups in total. The van der Waals surface area contributed by atoms with Crippen LogP contribution in [-0.4, -0.2) is 71.8 Å². The van der Waals surface area contributed by atoms with Gasteiger partial charge in [-0.2, -0.15) is 0 Å². The standard InChI is InChI=1S/C20H28N4O4/c25-18-5-2-10-23(18)11-3-12-24-15-16(6-7-19(24)26)20(27)22-9-13-28-17-4-1-8-21-14-17/h1,4,8,14,16H,2-3,5-7,9-13,15H2,(H,22,27). The minimum Gasteiger partial charge on any atom is -0.490 e. The molecule has 0 saturated carbocycles. The molecule has 0 spiro atoms. The highest BCUT2D eigenvalue weighted by molar-refractivity contribution is 5.83. The van der Waals surface area contributed by atoms with E-state index in [0.29, 0.717) is 57.8 Å². The quantitative estimate of drug-likeness (QED) is 0.633. The van der Waals surface area contributed by atoms with Crippen LogP contribution in [0.25, 0.3) is 0 Å². The van der Waals surface area contributed by atoms with E-state index in [4.69, 9.17) is 4.74 Å². The SMILES string of the molecule is O=C(NCCOc1cccnc1)C1CCC(=O)N(CCCN2CCCC2=O)C1. The summed E-state index contributed by atoms with van der Waals surface area (Å²) in [6, 6.07) is 3.61. The van der Waals surface area contributed by atoms with Gasteiger partial charge >= 0.3 is 0 Å². The number of nitrogens with zero attached hydrogens (tertiary/aromatic N) is 3. The molecule has 1 atom stereocenters. The lowest BCUT2D eigenvalue weighted by Crippen LogP contribution is -2.47. The van der Waals surface area contributed by atoms with Crippen molar-refractivity contribution in [3.05, 3.63) is 24.5 Å². The molecule has 2 saturated heterocycles. The van der Waals surface area contributed by atoms with Gasteiger partial charge in [0.2, 0.25) is 17.7 Å². The lowest BCUT2D eigenvalue weighted by molar-refractivity contribution is -0.138. The van der Waals surface area contributed by atoms with Gasteiger partial charge in [-0.25, -0.2) is 0 Å². The van der Waals surface area contributed by atoms with E-state index >= 15 is 0 Å². The molecule has 2 aliphatic rings. The van der Waals surface area contributed by atoms with Gasteiger partial charge in [-0.3, -0.25) is 19.4 Å². The first-order valence-corrected chi connectivity index (χ1v) is 9.99. The molecule has 0 bridgehead atoms. The number of carbonyl (C=O) groups excluding carboxylic acids is 3. The van der Waals surface area contributed by atoms with Gasteiger partial charge in [0.15, 0.2) is 0 Å². The van der Waals surface area contributed by atoms with E-state index in [0.717, 1.165) is 19.4 Å². The summed E-state index contributed by atoms with van der Waals surface area (Å²) in [7, 11) is 0. The summed E-state index contributed by atoms with van der Waals surface area (Å²) in [5.74, 6) is 0.738. The molecule has 0 radical (unpaired) electrons. The minimum absolute atomic E-state index is 0.0398. The number of carbonyl (C=O) groups is 3. The smallest absolute Gasteiger partial charge is 0.225 e. The van der Waals surface area contributed by atoms with Crippen molar-refractivity contribution in [2.45, 2.75) is 32.1 Å². The average Bonchev–Trinajstić information content (AvgIpc) is 3.12. The lowest BCUT2D eigenvalue weighted by Gasteiger charge is -2.32. The van der Waals surface area contributed by atoms with Crippen LogP contribution in [-0.2, 0) is 14.4 Å². The predicted molar refractivity (Wildman–Crippen MR) is 102 cm³/mol. The van der Waals surface area contributed by atoms with Crippen LogP contribution >= 0.6 is 0 Å². The number of piperidine rings is 1. The molecule has 2 aliphatic heterocycles. The monoisotopic (exact) mass is 388 g/mol. The number of ether oxygens (including phenoxy) is 1. The number of rotatable bonds is 9. The van der Waals surface area contributed by atoms with Gasteiger partial charge in [0, 0.05) is 45.2 Å². The van der Waals surface area contributed by atoms with Crippen LogP contribution in [0.5, 0.6) is 5.75 Å². The highest BCUT2D eigenvalue weighted by Crippen LogP contribution is 2.18. The number of amides is 3. The number of nitrogens with one attached hydrogen (secondary N) is 1. The molecule has 28 heavy (non-hydrogen) atoms. The fourth-order valence-electron chi connectivity index (χ4n) is 3.66. The Morgan fingerprint density at radius 2 is 2.04 bits per heavy atom. The summed E-state index contributed by atoms with van der Waals surface area (Å²) < 4.78 is 5.52. The number of pyridine rings is 1. The first-order valence-electron chi connectivity index (χ1n) is 9.99. The summed E-state index contributed by atoms with van der Waals surface area (Å²) in [5.41, 5.74) is 0. The van der Waals surface area contributed by atoms with Gasteiger partial charge in [-0.1, -0.05) is 0 Å². The van der Waals surface area contributed by atoms with Gasteiger partial charge in [-0.15, -0.1) is 0 Å². The Kier molecular flexibility index (Phi) is 7.22. The molecule has 1 unspecified atom stereocenters. The number of hydrogen-bond donors (Lipinski definition) is 1. The van der Waals surface area contributed by atoms with E-state index in [-0.39, 0.29) is 23.6 Å². The summed E-state index contributed by atoms with van der Waals surface area (Å²) in [6.07, 6.45) is 6.59. The fourth-order valence-corrected chi connectivity index (χ4v) is 3.66. The van der Waals surface area contributed by atoms with Gasteiger partial charge < -0.3 is 19.9 Å². The van der Waals surface area contributed by atoms with E-state index in [9.17, 15) is 14.4 Å². The second kappa shape index (κ2) is 10.1. The highest BCUT2D eigenvalue weighted by Gasteiger charge is 2.30. The van der Waals surface area contributed by atoms with Gasteiger partial charge in [0.25, 0.3) is 0 Å². The largest absolute Gasteiger partial charge is 0.490 e. The van der Waals surface area contributed by atoms with Crippen LogP contribution in [0.2, 0.25) is 0 Å². The van der Waals surface area contributed by atoms with E-state index in [1.807, 2.05) is 11.0 Å². The number of likely N-dealkylation sites (tertiary alicyclic amines) is 2. The van der Waals surface area contributed by atoms with Crippen molar-refractivity contribution in [1.29, 1.82) is 0 Å². The first kappa shape index (κ1) is 20.1. The van der Waals surface area contributed by atoms with Crippen molar-refractivity contribution in [3.63, 3.8) is 0 Å². The molecule has 1 aromatic rings. The van der Waals surface area contributed by atoms with Crippen LogP contribution in [0, 0.1) is 5.92 Å². The Hall–Kier alpha value is -2.64. The van der Waals surface area contributed by atoms with E-state index in [1.165, 1.54) is 0 Å². The third-order valence-electron chi connectivity index (χ3n) is 5.20. The van der Waals surface area contributed by atoms with Gasteiger partial charge in [-0.05, 0) is 31.4 Å². The Balaban J connectivity index is 1.36. The fraction of sp³-hybridized carbons (Fsp3) is 0.600. The van der Waals surface area contributed by atoms with Crippen molar-refractivity contribution in [2.24, 2.45) is 5.92 Å². The molecule has 2 fully saturated rings. The highest BCUT2D eigenvalue weighted by atomic mass is 16.5. The van der Waals surface area contributed by atoms with Crippen LogP contribution in [0.15, 0.2) is 24.5 Å². The molecule has 8 heteroatoms. The first-order chi connectivity index (χ1) is 13.6. The normalized spacial score (nSPS) is 19.8. The summed E-state index contributed by atoms with van der Waals surface area (Å²) >= 11 is 0. The van der Waals surface area contributed by atoms with Crippen molar-refractivity contribution in [3.8, 4) is 5.75 Å². The Morgan fingerprint density at radius 3 is 2.79 bits per heavy atom. The molecule has 1 aromatic heterocycles. The molecule has 152 valence electrons. The summed E-state index contributed by atoms with van der Waals surface area (Å²) in [6.45, 7) is 3.33. The summed E-state index contributed by atoms with van der Waals surface area (Å²) in [4.78, 5) is 43.8. The maximum Gasteiger partial charge on any atom is 0.225 e. The maximum atomic E-state index is 12.4. The third-order valence-corrected chi connectivity index (χ3v) is 5.20. The summed E-state index contributed by atoms with van der Waals surface area (Å²) in [5, 5.41) is 2.89. The second-order valence-corrected chi connectivity index (χ2v) is 7.24. The van der Waals surface area contributed by atoms with Crippen LogP contribution in [0.3, 0.4) is 0 Å². The number of hydrogen-bond acceptors (Lipinski definition) is 5. The maximum absolute atomic E-state index is 12.4. The average molecular weight is 388 g/mol. The van der Waals surface area contributed by atoms with Crippen molar-refractivity contribution >= 4 is 17.7 Å². The number of aromatic nitrogens is 1. The van der Waals surface area contributed by atoms with Crippen molar-refractivity contribution < 1.29 is 19.1 Å². The van der Waals surface area contributed by atoms with Crippen LogP contribution < -0.4 is 10.1 Å². The topological polar surface area (TPSA) is 91.8 Å². The molecular formula is C20H28N4O4. The van der Waals surface area contributed by atoms with E-state index < -0.39 is 0 Å². The zero-order valence-electron chi connectivity index (χ0n) is 16.1. The zero-order chi connectivity index (χ0) is 19.8. The Morgan fingerprint density at radius 1 is 1.21 bits per heavy atom. The van der Waals surface area contributed by atoms with E-state index in [1.54, 1.807) is 23.4 Å². The zero-order valence-corrected chi connectivity index (χ0v) is 16.1. The third kappa shape index (κ3) is 5.68. The van der Waals surface area contributed by atoms with Crippen molar-refractivity contribution in [2.75, 3.05) is 39.3 Å².